The molecule has 3 atom stereocenters. The normalized spacial score (nSPS) is 30.2. The summed E-state index contributed by atoms with van der Waals surface area (Å²) in [4.78, 5) is 0.542. The van der Waals surface area contributed by atoms with E-state index in [1.165, 1.54) is 25.7 Å². The number of rotatable bonds is 5. The molecule has 2 nitrogen and oxygen atoms in total. The maximum atomic E-state index is 5.93. The van der Waals surface area contributed by atoms with Gasteiger partial charge < -0.3 is 9.47 Å². The zero-order chi connectivity index (χ0) is 10.4. The molecule has 0 spiro atoms. The van der Waals surface area contributed by atoms with Crippen molar-refractivity contribution in [2.24, 2.45) is 0 Å². The standard InChI is InChI=1S/C11H21BrO2/c1-3-13-8-9(2)14-11-7-5-4-6-10(11)12/h9-11H,3-8H2,1-2H3. The highest BCUT2D eigenvalue weighted by Gasteiger charge is 2.24. The highest BCUT2D eigenvalue weighted by molar-refractivity contribution is 9.09. The smallest absolute Gasteiger partial charge is 0.0784 e. The van der Waals surface area contributed by atoms with Gasteiger partial charge in [0, 0.05) is 11.4 Å². The van der Waals surface area contributed by atoms with Gasteiger partial charge in [-0.3, -0.25) is 0 Å². The predicted molar refractivity (Wildman–Crippen MR) is 62.0 cm³/mol. The Kier molecular flexibility index (Phi) is 6.06. The van der Waals surface area contributed by atoms with Crippen molar-refractivity contribution >= 4 is 15.9 Å². The maximum Gasteiger partial charge on any atom is 0.0784 e. The van der Waals surface area contributed by atoms with Crippen molar-refractivity contribution < 1.29 is 9.47 Å². The molecule has 3 unspecified atom stereocenters. The van der Waals surface area contributed by atoms with Crippen molar-refractivity contribution in [3.63, 3.8) is 0 Å². The lowest BCUT2D eigenvalue weighted by Crippen LogP contribution is -2.32. The second-order valence-corrected chi connectivity index (χ2v) is 5.12. The summed E-state index contributed by atoms with van der Waals surface area (Å²) in [5.74, 6) is 0. The summed E-state index contributed by atoms with van der Waals surface area (Å²) in [7, 11) is 0. The lowest BCUT2D eigenvalue weighted by molar-refractivity contribution is -0.0547. The van der Waals surface area contributed by atoms with Crippen LogP contribution in [0.25, 0.3) is 0 Å². The summed E-state index contributed by atoms with van der Waals surface area (Å²) < 4.78 is 11.3. The van der Waals surface area contributed by atoms with Gasteiger partial charge in [0.2, 0.25) is 0 Å². The first-order valence-corrected chi connectivity index (χ1v) is 6.53. The average Bonchev–Trinajstić information content (AvgIpc) is 2.18. The number of ether oxygens (including phenoxy) is 2. The molecule has 1 aliphatic rings. The van der Waals surface area contributed by atoms with E-state index in [0.29, 0.717) is 17.5 Å². The number of halogens is 1. The minimum absolute atomic E-state index is 0.220. The quantitative estimate of drug-likeness (QED) is 0.711. The minimum atomic E-state index is 0.220. The van der Waals surface area contributed by atoms with Gasteiger partial charge in [-0.25, -0.2) is 0 Å². The molecule has 1 aliphatic carbocycles. The first-order chi connectivity index (χ1) is 6.74. The van der Waals surface area contributed by atoms with Gasteiger partial charge in [0.15, 0.2) is 0 Å². The molecule has 0 radical (unpaired) electrons. The van der Waals surface area contributed by atoms with Crippen LogP contribution in [-0.2, 0) is 9.47 Å². The van der Waals surface area contributed by atoms with E-state index in [0.717, 1.165) is 6.61 Å². The predicted octanol–water partition coefficient (Wildman–Crippen LogP) is 3.13. The van der Waals surface area contributed by atoms with Crippen LogP contribution >= 0.6 is 15.9 Å². The molecule has 0 saturated heterocycles. The molecule has 1 saturated carbocycles. The molecule has 84 valence electrons. The molecule has 0 amide bonds. The lowest BCUT2D eigenvalue weighted by atomic mass is 9.97. The van der Waals surface area contributed by atoms with E-state index >= 15 is 0 Å². The van der Waals surface area contributed by atoms with Gasteiger partial charge in [-0.1, -0.05) is 28.8 Å². The summed E-state index contributed by atoms with van der Waals surface area (Å²) >= 11 is 3.69. The fourth-order valence-electron chi connectivity index (χ4n) is 1.83. The van der Waals surface area contributed by atoms with E-state index in [-0.39, 0.29) is 6.10 Å². The molecule has 0 aromatic heterocycles. The van der Waals surface area contributed by atoms with E-state index in [4.69, 9.17) is 9.47 Å². The Morgan fingerprint density at radius 3 is 2.71 bits per heavy atom. The molecule has 1 rings (SSSR count). The third-order valence-corrected chi connectivity index (χ3v) is 3.63. The van der Waals surface area contributed by atoms with Crippen molar-refractivity contribution in [1.82, 2.24) is 0 Å². The lowest BCUT2D eigenvalue weighted by Gasteiger charge is -2.30. The van der Waals surface area contributed by atoms with Crippen LogP contribution in [0.15, 0.2) is 0 Å². The van der Waals surface area contributed by atoms with Crippen molar-refractivity contribution in [3.05, 3.63) is 0 Å². The van der Waals surface area contributed by atoms with Crippen LogP contribution in [0.1, 0.15) is 39.5 Å². The molecule has 0 aromatic rings. The summed E-state index contributed by atoms with van der Waals surface area (Å²) in [6.45, 7) is 5.59. The van der Waals surface area contributed by atoms with Gasteiger partial charge in [-0.2, -0.15) is 0 Å². The second kappa shape index (κ2) is 6.81. The molecule has 3 heteroatoms. The fraction of sp³-hybridized carbons (Fsp3) is 1.00. The fourth-order valence-corrected chi connectivity index (χ4v) is 2.54. The van der Waals surface area contributed by atoms with Crippen LogP contribution in [-0.4, -0.2) is 30.2 Å². The van der Waals surface area contributed by atoms with Crippen LogP contribution in [0.2, 0.25) is 0 Å². The van der Waals surface area contributed by atoms with Crippen LogP contribution in [0, 0.1) is 0 Å². The van der Waals surface area contributed by atoms with E-state index in [9.17, 15) is 0 Å². The van der Waals surface area contributed by atoms with Gasteiger partial charge >= 0.3 is 0 Å². The average molecular weight is 265 g/mol. The number of hydrogen-bond donors (Lipinski definition) is 0. The Hall–Kier alpha value is 0.400. The van der Waals surface area contributed by atoms with E-state index in [1.807, 2.05) is 6.92 Å². The number of hydrogen-bond acceptors (Lipinski definition) is 2. The summed E-state index contributed by atoms with van der Waals surface area (Å²) in [6, 6.07) is 0. The molecular weight excluding hydrogens is 244 g/mol. The summed E-state index contributed by atoms with van der Waals surface area (Å²) in [5.41, 5.74) is 0. The van der Waals surface area contributed by atoms with Gasteiger partial charge in [0.1, 0.15) is 0 Å². The third kappa shape index (κ3) is 4.28. The monoisotopic (exact) mass is 264 g/mol. The Morgan fingerprint density at radius 2 is 2.07 bits per heavy atom. The van der Waals surface area contributed by atoms with Gasteiger partial charge in [-0.15, -0.1) is 0 Å². The number of alkyl halides is 1. The van der Waals surface area contributed by atoms with Crippen molar-refractivity contribution in [1.29, 1.82) is 0 Å². The van der Waals surface area contributed by atoms with Crippen LogP contribution < -0.4 is 0 Å². The Morgan fingerprint density at radius 1 is 1.36 bits per heavy atom. The largest absolute Gasteiger partial charge is 0.379 e. The molecule has 0 heterocycles. The van der Waals surface area contributed by atoms with Gasteiger partial charge in [-0.05, 0) is 26.7 Å². The van der Waals surface area contributed by atoms with Crippen LogP contribution in [0.5, 0.6) is 0 Å². The SMILES string of the molecule is CCOCC(C)OC1CCCCC1Br. The van der Waals surface area contributed by atoms with E-state index < -0.39 is 0 Å². The molecule has 1 fully saturated rings. The minimum Gasteiger partial charge on any atom is -0.379 e. The summed E-state index contributed by atoms with van der Waals surface area (Å²) in [6.07, 6.45) is 5.67. The van der Waals surface area contributed by atoms with Gasteiger partial charge in [0.25, 0.3) is 0 Å². The van der Waals surface area contributed by atoms with Crippen molar-refractivity contribution in [2.75, 3.05) is 13.2 Å². The summed E-state index contributed by atoms with van der Waals surface area (Å²) in [5, 5.41) is 0. The zero-order valence-electron chi connectivity index (χ0n) is 9.17. The third-order valence-electron chi connectivity index (χ3n) is 2.59. The van der Waals surface area contributed by atoms with Crippen LogP contribution in [0.4, 0.5) is 0 Å². The highest BCUT2D eigenvalue weighted by atomic mass is 79.9. The topological polar surface area (TPSA) is 18.5 Å². The van der Waals surface area contributed by atoms with E-state index in [2.05, 4.69) is 22.9 Å². The van der Waals surface area contributed by atoms with E-state index in [1.54, 1.807) is 0 Å². The molecular formula is C11H21BrO2. The molecule has 14 heavy (non-hydrogen) atoms. The zero-order valence-corrected chi connectivity index (χ0v) is 10.8. The molecule has 0 bridgehead atoms. The Balaban J connectivity index is 2.20. The Labute approximate surface area is 95.5 Å². The molecule has 0 aromatic carbocycles. The van der Waals surface area contributed by atoms with Crippen molar-refractivity contribution in [3.8, 4) is 0 Å². The van der Waals surface area contributed by atoms with Crippen LogP contribution in [0.3, 0.4) is 0 Å². The van der Waals surface area contributed by atoms with Gasteiger partial charge in [0.05, 0.1) is 18.8 Å². The second-order valence-electron chi connectivity index (χ2n) is 3.95. The first-order valence-electron chi connectivity index (χ1n) is 5.61. The highest BCUT2D eigenvalue weighted by Crippen LogP contribution is 2.27. The maximum absolute atomic E-state index is 5.93. The van der Waals surface area contributed by atoms with Crippen molar-refractivity contribution in [2.45, 2.75) is 56.6 Å². The molecule has 0 N–H and O–H groups in total. The first kappa shape index (κ1) is 12.5. The molecule has 0 aliphatic heterocycles. The Bertz CT molecular complexity index is 152.